The standard InChI is InChI=1S/C29H36N4O3S/c1-21(2)24-13-15-25(16-14-24)37(35,36)32-28(34)26-20-30-29(31-27(26)19-23-11-7-8-12-23)33(3)18-17-22-9-5-4-6-10-22/h4-6,9-10,13-16,20-21,23H,7-8,11-12,17-19H2,1-3H3,(H,32,34). The van der Waals surface area contributed by atoms with Gasteiger partial charge in [0.1, 0.15) is 0 Å². The Kier molecular flexibility index (Phi) is 8.59. The maximum atomic E-state index is 13.2. The number of amides is 1. The normalized spacial score (nSPS) is 14.2. The van der Waals surface area contributed by atoms with E-state index >= 15 is 0 Å². The molecule has 0 saturated heterocycles. The molecule has 4 rings (SSSR count). The van der Waals surface area contributed by atoms with Crippen LogP contribution in [0.3, 0.4) is 0 Å². The number of carbonyl (C=O) groups is 1. The van der Waals surface area contributed by atoms with E-state index in [1.165, 1.54) is 36.7 Å². The maximum absolute atomic E-state index is 13.2. The molecule has 0 bridgehead atoms. The van der Waals surface area contributed by atoms with Crippen molar-refractivity contribution in [2.24, 2.45) is 5.92 Å². The molecule has 2 aromatic carbocycles. The summed E-state index contributed by atoms with van der Waals surface area (Å²) in [4.78, 5) is 24.4. The van der Waals surface area contributed by atoms with E-state index in [2.05, 4.69) is 21.8 Å². The van der Waals surface area contributed by atoms with E-state index in [1.54, 1.807) is 12.1 Å². The molecule has 8 heteroatoms. The van der Waals surface area contributed by atoms with Crippen LogP contribution in [0, 0.1) is 5.92 Å². The van der Waals surface area contributed by atoms with Crippen molar-refractivity contribution in [1.29, 1.82) is 0 Å². The van der Waals surface area contributed by atoms with Gasteiger partial charge in [-0.1, -0.05) is 82.0 Å². The molecule has 0 spiro atoms. The van der Waals surface area contributed by atoms with Crippen LogP contribution in [0.4, 0.5) is 5.95 Å². The van der Waals surface area contributed by atoms with Crippen LogP contribution in [-0.2, 0) is 22.9 Å². The number of benzene rings is 2. The van der Waals surface area contributed by atoms with Crippen LogP contribution in [-0.4, -0.2) is 37.9 Å². The highest BCUT2D eigenvalue weighted by Gasteiger charge is 2.25. The third kappa shape index (κ3) is 6.95. The van der Waals surface area contributed by atoms with E-state index in [4.69, 9.17) is 4.98 Å². The SMILES string of the molecule is CC(C)c1ccc(S(=O)(=O)NC(=O)c2cnc(N(C)CCc3ccccc3)nc2CC2CCCC2)cc1. The molecule has 1 aromatic heterocycles. The van der Waals surface area contributed by atoms with Gasteiger partial charge in [0.05, 0.1) is 16.2 Å². The minimum atomic E-state index is -4.03. The molecule has 37 heavy (non-hydrogen) atoms. The van der Waals surface area contributed by atoms with Crippen molar-refractivity contribution < 1.29 is 13.2 Å². The first kappa shape index (κ1) is 26.8. The maximum Gasteiger partial charge on any atom is 0.268 e. The van der Waals surface area contributed by atoms with E-state index in [-0.39, 0.29) is 16.4 Å². The van der Waals surface area contributed by atoms with Crippen LogP contribution < -0.4 is 9.62 Å². The molecule has 0 radical (unpaired) electrons. The Morgan fingerprint density at radius 3 is 2.38 bits per heavy atom. The van der Waals surface area contributed by atoms with Gasteiger partial charge in [-0.15, -0.1) is 0 Å². The second-order valence-corrected chi connectivity index (χ2v) is 11.9. The van der Waals surface area contributed by atoms with Crippen LogP contribution in [0.5, 0.6) is 0 Å². The van der Waals surface area contributed by atoms with Crippen molar-refractivity contribution >= 4 is 21.9 Å². The molecular weight excluding hydrogens is 484 g/mol. The lowest BCUT2D eigenvalue weighted by Gasteiger charge is -2.20. The minimum Gasteiger partial charge on any atom is -0.344 e. The van der Waals surface area contributed by atoms with E-state index in [0.29, 0.717) is 24.0 Å². The topological polar surface area (TPSA) is 92.3 Å². The molecule has 7 nitrogen and oxygen atoms in total. The van der Waals surface area contributed by atoms with Crippen LogP contribution in [0.15, 0.2) is 65.7 Å². The van der Waals surface area contributed by atoms with Crippen LogP contribution in [0.25, 0.3) is 0 Å². The largest absolute Gasteiger partial charge is 0.344 e. The quantitative estimate of drug-likeness (QED) is 0.398. The lowest BCUT2D eigenvalue weighted by atomic mass is 9.99. The summed E-state index contributed by atoms with van der Waals surface area (Å²) in [6.45, 7) is 4.80. The zero-order chi connectivity index (χ0) is 26.4. The fourth-order valence-electron chi connectivity index (χ4n) is 4.73. The number of nitrogens with one attached hydrogen (secondary N) is 1. The van der Waals surface area contributed by atoms with Gasteiger partial charge < -0.3 is 4.90 Å². The number of aromatic nitrogens is 2. The number of hydrogen-bond donors (Lipinski definition) is 1. The Morgan fingerprint density at radius 1 is 1.05 bits per heavy atom. The monoisotopic (exact) mass is 520 g/mol. The number of rotatable bonds is 10. The first-order chi connectivity index (χ1) is 17.7. The summed E-state index contributed by atoms with van der Waals surface area (Å²) in [6.07, 6.45) is 7.46. The van der Waals surface area contributed by atoms with Gasteiger partial charge in [0.25, 0.3) is 15.9 Å². The highest BCUT2D eigenvalue weighted by Crippen LogP contribution is 2.29. The van der Waals surface area contributed by atoms with Crippen molar-refractivity contribution in [2.45, 2.75) is 63.2 Å². The van der Waals surface area contributed by atoms with E-state index in [0.717, 1.165) is 31.4 Å². The molecule has 196 valence electrons. The van der Waals surface area contributed by atoms with E-state index in [1.807, 2.05) is 44.0 Å². The van der Waals surface area contributed by atoms with Crippen molar-refractivity contribution in [3.63, 3.8) is 0 Å². The molecular formula is C29H36N4O3S. The number of hydrogen-bond acceptors (Lipinski definition) is 6. The van der Waals surface area contributed by atoms with Gasteiger partial charge >= 0.3 is 0 Å². The van der Waals surface area contributed by atoms with E-state index in [9.17, 15) is 13.2 Å². The number of sulfonamides is 1. The Bertz CT molecular complexity index is 1300. The van der Waals surface area contributed by atoms with Gasteiger partial charge in [0.15, 0.2) is 0 Å². The molecule has 1 heterocycles. The Hall–Kier alpha value is -3.26. The average Bonchev–Trinajstić information content (AvgIpc) is 3.40. The fraction of sp³-hybridized carbons (Fsp3) is 0.414. The van der Waals surface area contributed by atoms with Crippen molar-refractivity contribution in [3.05, 3.63) is 83.2 Å². The molecule has 1 saturated carbocycles. The smallest absolute Gasteiger partial charge is 0.268 e. The molecule has 0 unspecified atom stereocenters. The third-order valence-electron chi connectivity index (χ3n) is 7.06. The fourth-order valence-corrected chi connectivity index (χ4v) is 5.70. The number of likely N-dealkylation sites (N-methyl/N-ethyl adjacent to an activating group) is 1. The third-order valence-corrected chi connectivity index (χ3v) is 8.41. The van der Waals surface area contributed by atoms with Gasteiger partial charge in [0, 0.05) is 19.8 Å². The molecule has 0 aliphatic heterocycles. The van der Waals surface area contributed by atoms with Crippen molar-refractivity contribution in [1.82, 2.24) is 14.7 Å². The zero-order valence-corrected chi connectivity index (χ0v) is 22.7. The van der Waals surface area contributed by atoms with Crippen molar-refractivity contribution in [3.8, 4) is 0 Å². The van der Waals surface area contributed by atoms with Crippen LogP contribution in [0.2, 0.25) is 0 Å². The predicted octanol–water partition coefficient (Wildman–Crippen LogP) is 5.13. The second kappa shape index (κ2) is 11.9. The van der Waals surface area contributed by atoms with E-state index < -0.39 is 15.9 Å². The molecule has 1 aliphatic rings. The summed E-state index contributed by atoms with van der Waals surface area (Å²) in [5.41, 5.74) is 3.08. The average molecular weight is 521 g/mol. The summed E-state index contributed by atoms with van der Waals surface area (Å²) in [5.74, 6) is 0.558. The van der Waals surface area contributed by atoms with Gasteiger partial charge in [-0.3, -0.25) is 4.79 Å². The minimum absolute atomic E-state index is 0.0563. The Balaban J connectivity index is 1.54. The van der Waals surface area contributed by atoms with Crippen LogP contribution >= 0.6 is 0 Å². The first-order valence-corrected chi connectivity index (χ1v) is 14.5. The Labute approximate surface area is 220 Å². The van der Waals surface area contributed by atoms with Gasteiger partial charge in [-0.2, -0.15) is 0 Å². The second-order valence-electron chi connectivity index (χ2n) is 10.2. The number of anilines is 1. The molecule has 1 N–H and O–H groups in total. The molecule has 1 fully saturated rings. The van der Waals surface area contributed by atoms with Gasteiger partial charge in [0.2, 0.25) is 5.95 Å². The summed E-state index contributed by atoms with van der Waals surface area (Å²) >= 11 is 0. The van der Waals surface area contributed by atoms with Crippen LogP contribution in [0.1, 0.15) is 72.6 Å². The van der Waals surface area contributed by atoms with Gasteiger partial charge in [-0.25, -0.2) is 23.1 Å². The molecule has 1 amide bonds. The highest BCUT2D eigenvalue weighted by atomic mass is 32.2. The summed E-state index contributed by atoms with van der Waals surface area (Å²) in [7, 11) is -2.09. The van der Waals surface area contributed by atoms with Crippen molar-refractivity contribution in [2.75, 3.05) is 18.5 Å². The summed E-state index contributed by atoms with van der Waals surface area (Å²) < 4.78 is 28.2. The highest BCUT2D eigenvalue weighted by molar-refractivity contribution is 7.90. The number of carbonyl (C=O) groups excluding carboxylic acids is 1. The molecule has 3 aromatic rings. The zero-order valence-electron chi connectivity index (χ0n) is 21.9. The molecule has 1 aliphatic carbocycles. The lowest BCUT2D eigenvalue weighted by molar-refractivity contribution is 0.0979. The summed E-state index contributed by atoms with van der Waals surface area (Å²) in [6, 6.07) is 16.8. The number of nitrogens with zero attached hydrogens (tertiary/aromatic N) is 3. The lowest BCUT2D eigenvalue weighted by Crippen LogP contribution is -2.32. The summed E-state index contributed by atoms with van der Waals surface area (Å²) in [5, 5.41) is 0. The van der Waals surface area contributed by atoms with Gasteiger partial charge in [-0.05, 0) is 47.9 Å². The Morgan fingerprint density at radius 2 is 1.73 bits per heavy atom. The predicted molar refractivity (Wildman–Crippen MR) is 146 cm³/mol. The first-order valence-electron chi connectivity index (χ1n) is 13.0. The molecule has 0 atom stereocenters.